The molecule has 1 aromatic heterocycles. The quantitative estimate of drug-likeness (QED) is 0.591. The smallest absolute Gasteiger partial charge is 0.269 e. The third kappa shape index (κ3) is 4.31. The van der Waals surface area contributed by atoms with Gasteiger partial charge in [0, 0.05) is 19.2 Å². The van der Waals surface area contributed by atoms with E-state index >= 15 is 0 Å². The van der Waals surface area contributed by atoms with Crippen molar-refractivity contribution in [2.75, 3.05) is 25.5 Å². The van der Waals surface area contributed by atoms with Crippen molar-refractivity contribution in [1.82, 2.24) is 15.5 Å². The van der Waals surface area contributed by atoms with Crippen LogP contribution in [-0.4, -0.2) is 35.9 Å². The van der Waals surface area contributed by atoms with Crippen molar-refractivity contribution < 1.29 is 9.53 Å². The van der Waals surface area contributed by atoms with Crippen LogP contribution in [0.4, 0.5) is 5.82 Å². The van der Waals surface area contributed by atoms with Crippen molar-refractivity contribution in [2.45, 2.75) is 19.8 Å². The third-order valence-electron chi connectivity index (χ3n) is 2.02. The number of hydrogen-bond donors (Lipinski definition) is 3. The van der Waals surface area contributed by atoms with Crippen molar-refractivity contribution in [1.29, 1.82) is 0 Å². The highest BCUT2D eigenvalue weighted by Gasteiger charge is 2.07. The van der Waals surface area contributed by atoms with Gasteiger partial charge < -0.3 is 15.8 Å². The first-order valence-corrected chi connectivity index (χ1v) is 5.41. The van der Waals surface area contributed by atoms with Crippen LogP contribution >= 0.6 is 0 Å². The van der Waals surface area contributed by atoms with E-state index in [1.54, 1.807) is 0 Å². The summed E-state index contributed by atoms with van der Waals surface area (Å²) in [5.41, 5.74) is 5.75. The molecule has 1 rings (SSSR count). The summed E-state index contributed by atoms with van der Waals surface area (Å²) in [5.74, 6) is 0.0904. The molecule has 1 heterocycles. The van der Waals surface area contributed by atoms with Crippen molar-refractivity contribution in [3.05, 3.63) is 11.8 Å². The Morgan fingerprint density at radius 3 is 3.06 bits per heavy atom. The molecule has 0 saturated carbocycles. The minimum Gasteiger partial charge on any atom is -0.382 e. The highest BCUT2D eigenvalue weighted by molar-refractivity contribution is 5.92. The van der Waals surface area contributed by atoms with Gasteiger partial charge in [0.15, 0.2) is 0 Å². The van der Waals surface area contributed by atoms with E-state index in [0.717, 1.165) is 19.4 Å². The molecule has 0 aliphatic carbocycles. The lowest BCUT2D eigenvalue weighted by molar-refractivity contribution is 0.0908. The first-order valence-electron chi connectivity index (χ1n) is 5.41. The molecule has 0 aliphatic rings. The van der Waals surface area contributed by atoms with E-state index in [-0.39, 0.29) is 5.91 Å². The molecular formula is C10H18N4O2. The number of anilines is 1. The predicted octanol–water partition coefficient (Wildman–Crippen LogP) is 0.538. The zero-order valence-corrected chi connectivity index (χ0v) is 9.45. The van der Waals surface area contributed by atoms with E-state index < -0.39 is 0 Å². The topological polar surface area (TPSA) is 93.0 Å². The largest absolute Gasteiger partial charge is 0.382 e. The summed E-state index contributed by atoms with van der Waals surface area (Å²) >= 11 is 0. The van der Waals surface area contributed by atoms with Gasteiger partial charge in [0.25, 0.3) is 5.91 Å². The van der Waals surface area contributed by atoms with Gasteiger partial charge in [0.2, 0.25) is 0 Å². The van der Waals surface area contributed by atoms with Crippen LogP contribution in [0.1, 0.15) is 30.3 Å². The van der Waals surface area contributed by atoms with Crippen molar-refractivity contribution in [3.63, 3.8) is 0 Å². The lowest BCUT2D eigenvalue weighted by atomic mass is 10.4. The zero-order valence-electron chi connectivity index (χ0n) is 9.45. The fourth-order valence-electron chi connectivity index (χ4n) is 1.13. The Hall–Kier alpha value is -1.56. The Morgan fingerprint density at radius 2 is 2.44 bits per heavy atom. The van der Waals surface area contributed by atoms with Crippen LogP contribution < -0.4 is 11.1 Å². The van der Waals surface area contributed by atoms with E-state index in [9.17, 15) is 4.79 Å². The van der Waals surface area contributed by atoms with Gasteiger partial charge in [-0.15, -0.1) is 0 Å². The molecule has 1 aromatic rings. The molecule has 0 unspecified atom stereocenters. The fraction of sp³-hybridized carbons (Fsp3) is 0.600. The van der Waals surface area contributed by atoms with Crippen molar-refractivity contribution in [3.8, 4) is 0 Å². The standard InChI is InChI=1S/C10H18N4O2/c1-2-3-5-16-6-4-12-10(15)8-7-9(11)14-13-8/h7H,2-6H2,1H3,(H,12,15)(H3,11,13,14). The van der Waals surface area contributed by atoms with Crippen LogP contribution in [0.25, 0.3) is 0 Å². The fourth-order valence-corrected chi connectivity index (χ4v) is 1.13. The van der Waals surface area contributed by atoms with Gasteiger partial charge in [-0.05, 0) is 6.42 Å². The number of H-pyrrole nitrogens is 1. The molecule has 0 atom stereocenters. The first kappa shape index (κ1) is 12.5. The van der Waals surface area contributed by atoms with E-state index in [4.69, 9.17) is 10.5 Å². The maximum atomic E-state index is 11.5. The lowest BCUT2D eigenvalue weighted by Gasteiger charge is -2.04. The Labute approximate surface area is 94.5 Å². The van der Waals surface area contributed by atoms with Crippen LogP contribution in [0.3, 0.4) is 0 Å². The van der Waals surface area contributed by atoms with E-state index in [1.165, 1.54) is 6.07 Å². The van der Waals surface area contributed by atoms with Gasteiger partial charge in [0.1, 0.15) is 11.5 Å². The van der Waals surface area contributed by atoms with Crippen molar-refractivity contribution in [2.24, 2.45) is 0 Å². The van der Waals surface area contributed by atoms with Gasteiger partial charge in [-0.1, -0.05) is 13.3 Å². The number of amides is 1. The number of nitrogens with two attached hydrogens (primary N) is 1. The van der Waals surface area contributed by atoms with Crippen LogP contribution in [0.2, 0.25) is 0 Å². The zero-order chi connectivity index (χ0) is 11.8. The molecule has 90 valence electrons. The molecule has 0 aromatic carbocycles. The predicted molar refractivity (Wildman–Crippen MR) is 61.1 cm³/mol. The molecule has 6 nitrogen and oxygen atoms in total. The lowest BCUT2D eigenvalue weighted by Crippen LogP contribution is -2.27. The second-order valence-electron chi connectivity index (χ2n) is 3.43. The minimum atomic E-state index is -0.219. The second-order valence-corrected chi connectivity index (χ2v) is 3.43. The van der Waals surface area contributed by atoms with Crippen LogP contribution in [-0.2, 0) is 4.74 Å². The summed E-state index contributed by atoms with van der Waals surface area (Å²) in [7, 11) is 0. The van der Waals surface area contributed by atoms with E-state index in [1.807, 2.05) is 0 Å². The third-order valence-corrected chi connectivity index (χ3v) is 2.02. The Morgan fingerprint density at radius 1 is 1.62 bits per heavy atom. The van der Waals surface area contributed by atoms with Crippen LogP contribution in [0.15, 0.2) is 6.07 Å². The molecular weight excluding hydrogens is 208 g/mol. The number of carbonyl (C=O) groups is 1. The highest BCUT2D eigenvalue weighted by atomic mass is 16.5. The number of ether oxygens (including phenoxy) is 1. The molecule has 0 aliphatic heterocycles. The summed E-state index contributed by atoms with van der Waals surface area (Å²) in [5, 5.41) is 8.90. The molecule has 0 spiro atoms. The Balaban J connectivity index is 2.11. The number of unbranched alkanes of at least 4 members (excludes halogenated alkanes) is 1. The number of aromatic nitrogens is 2. The molecule has 1 amide bonds. The number of carbonyl (C=O) groups excluding carboxylic acids is 1. The monoisotopic (exact) mass is 226 g/mol. The summed E-state index contributed by atoms with van der Waals surface area (Å²) in [6.45, 7) is 3.86. The second kappa shape index (κ2) is 6.84. The number of nitrogens with zero attached hydrogens (tertiary/aromatic N) is 1. The summed E-state index contributed by atoms with van der Waals surface area (Å²) < 4.78 is 5.30. The average molecular weight is 226 g/mol. The normalized spacial score (nSPS) is 10.3. The number of aromatic amines is 1. The molecule has 16 heavy (non-hydrogen) atoms. The first-order chi connectivity index (χ1) is 7.74. The molecule has 0 radical (unpaired) electrons. The molecule has 6 heteroatoms. The minimum absolute atomic E-state index is 0.219. The number of rotatable bonds is 7. The van der Waals surface area contributed by atoms with E-state index in [2.05, 4.69) is 22.4 Å². The highest BCUT2D eigenvalue weighted by Crippen LogP contribution is 1.99. The Bertz CT molecular complexity index is 324. The van der Waals surface area contributed by atoms with Crippen LogP contribution in [0, 0.1) is 0 Å². The van der Waals surface area contributed by atoms with Gasteiger partial charge >= 0.3 is 0 Å². The molecule has 0 bridgehead atoms. The van der Waals surface area contributed by atoms with E-state index in [0.29, 0.717) is 24.7 Å². The number of hydrogen-bond acceptors (Lipinski definition) is 4. The maximum absolute atomic E-state index is 11.5. The van der Waals surface area contributed by atoms with Crippen LogP contribution in [0.5, 0.6) is 0 Å². The summed E-state index contributed by atoms with van der Waals surface area (Å²) in [6.07, 6.45) is 2.16. The van der Waals surface area contributed by atoms with Gasteiger partial charge in [-0.3, -0.25) is 9.89 Å². The van der Waals surface area contributed by atoms with Crippen molar-refractivity contribution >= 4 is 11.7 Å². The number of nitrogen functional groups attached to an aromatic ring is 1. The molecule has 0 saturated heterocycles. The van der Waals surface area contributed by atoms with Gasteiger partial charge in [0.05, 0.1) is 6.61 Å². The van der Waals surface area contributed by atoms with Gasteiger partial charge in [-0.2, -0.15) is 5.10 Å². The summed E-state index contributed by atoms with van der Waals surface area (Å²) in [4.78, 5) is 11.5. The average Bonchev–Trinajstić information content (AvgIpc) is 2.70. The van der Waals surface area contributed by atoms with Gasteiger partial charge in [-0.25, -0.2) is 0 Å². The summed E-state index contributed by atoms with van der Waals surface area (Å²) in [6, 6.07) is 1.49. The molecule has 4 N–H and O–H groups in total. The number of nitrogens with one attached hydrogen (secondary N) is 2. The Kier molecular flexibility index (Phi) is 5.35. The SMILES string of the molecule is CCCCOCCNC(=O)c1cc(N)n[nH]1. The molecule has 0 fully saturated rings. The maximum Gasteiger partial charge on any atom is 0.269 e.